The maximum atomic E-state index is 13.3. The van der Waals surface area contributed by atoms with Gasteiger partial charge in [0.1, 0.15) is 11.5 Å². The van der Waals surface area contributed by atoms with Gasteiger partial charge in [0.15, 0.2) is 11.5 Å². The van der Waals surface area contributed by atoms with Crippen LogP contribution in [-0.4, -0.2) is 62.3 Å². The fourth-order valence-electron chi connectivity index (χ4n) is 4.32. The topological polar surface area (TPSA) is 94.5 Å². The van der Waals surface area contributed by atoms with Crippen LogP contribution in [0.25, 0.3) is 5.76 Å². The van der Waals surface area contributed by atoms with Crippen molar-refractivity contribution >= 4 is 17.4 Å². The van der Waals surface area contributed by atoms with E-state index in [9.17, 15) is 14.7 Å². The molecule has 8 heteroatoms. The van der Waals surface area contributed by atoms with Crippen LogP contribution in [0.3, 0.4) is 0 Å². The Hall–Kier alpha value is -3.52. The molecule has 2 aromatic rings. The third kappa shape index (κ3) is 6.86. The average Bonchev–Trinajstić information content (AvgIpc) is 3.16. The van der Waals surface area contributed by atoms with Crippen molar-refractivity contribution in [2.45, 2.75) is 46.1 Å². The highest BCUT2D eigenvalue weighted by Crippen LogP contribution is 2.42. The number of Topliss-reactive ketones (excluding diaryl/α,β-unsaturated/α-hetero) is 1. The van der Waals surface area contributed by atoms with E-state index in [0.717, 1.165) is 12.8 Å². The molecule has 1 aliphatic rings. The summed E-state index contributed by atoms with van der Waals surface area (Å²) < 4.78 is 22.4. The van der Waals surface area contributed by atoms with Crippen molar-refractivity contribution in [3.63, 3.8) is 0 Å². The van der Waals surface area contributed by atoms with Gasteiger partial charge in [-0.1, -0.05) is 39.0 Å². The molecule has 0 bridgehead atoms. The maximum absolute atomic E-state index is 13.3. The predicted molar refractivity (Wildman–Crippen MR) is 146 cm³/mol. The molecule has 1 N–H and O–H groups in total. The van der Waals surface area contributed by atoms with Crippen LogP contribution >= 0.6 is 0 Å². The van der Waals surface area contributed by atoms with Gasteiger partial charge in [0.2, 0.25) is 0 Å². The number of ketones is 1. The highest BCUT2D eigenvalue weighted by Gasteiger charge is 2.46. The van der Waals surface area contributed by atoms with E-state index in [1.807, 2.05) is 6.92 Å². The Bertz CT molecular complexity index is 1140. The summed E-state index contributed by atoms with van der Waals surface area (Å²) in [6.45, 7) is 8.04. The quantitative estimate of drug-likeness (QED) is 0.153. The summed E-state index contributed by atoms with van der Waals surface area (Å²) in [4.78, 5) is 28.0. The van der Waals surface area contributed by atoms with E-state index >= 15 is 0 Å². The number of amides is 1. The number of aliphatic hydroxyl groups excluding tert-OH is 1. The van der Waals surface area contributed by atoms with E-state index in [-0.39, 0.29) is 17.9 Å². The molecule has 0 saturated carbocycles. The monoisotopic (exact) mass is 525 g/mol. The van der Waals surface area contributed by atoms with Crippen LogP contribution < -0.4 is 14.2 Å². The van der Waals surface area contributed by atoms with E-state index < -0.39 is 17.7 Å². The SMILES string of the molecule is CCCOc1cccc(/C(O)=C2\C(=O)C(=O)N(CCCOC)C2c2ccc(OCCC(C)C)c(OC)c2)c1. The second-order valence-electron chi connectivity index (χ2n) is 9.66. The molecule has 1 saturated heterocycles. The van der Waals surface area contributed by atoms with Gasteiger partial charge in [-0.3, -0.25) is 9.59 Å². The van der Waals surface area contributed by atoms with Crippen LogP contribution in [0.4, 0.5) is 0 Å². The average molecular weight is 526 g/mol. The standard InChI is InChI=1S/C30H39NO7/c1-6-15-37-23-10-7-9-22(18-23)28(32)26-27(31(14-8-16-35-4)30(34)29(26)33)21-11-12-24(25(19-21)36-5)38-17-13-20(2)3/h7,9-12,18-20,27,32H,6,8,13-17H2,1-5H3/b28-26+. The van der Waals surface area contributed by atoms with E-state index in [1.54, 1.807) is 56.7 Å². The van der Waals surface area contributed by atoms with Crippen molar-refractivity contribution in [3.8, 4) is 17.2 Å². The summed E-state index contributed by atoms with van der Waals surface area (Å²) >= 11 is 0. The molecule has 2 aromatic carbocycles. The number of aliphatic hydroxyl groups is 1. The van der Waals surface area contributed by atoms with Crippen molar-refractivity contribution < 1.29 is 33.6 Å². The molecule has 8 nitrogen and oxygen atoms in total. The molecule has 38 heavy (non-hydrogen) atoms. The molecule has 206 valence electrons. The van der Waals surface area contributed by atoms with Gasteiger partial charge in [-0.15, -0.1) is 0 Å². The molecule has 1 atom stereocenters. The molecule has 0 spiro atoms. The highest BCUT2D eigenvalue weighted by molar-refractivity contribution is 6.46. The van der Waals surface area contributed by atoms with Gasteiger partial charge in [0.05, 0.1) is 31.9 Å². The molecule has 0 radical (unpaired) electrons. The Labute approximate surface area is 225 Å². The van der Waals surface area contributed by atoms with Crippen LogP contribution in [-0.2, 0) is 14.3 Å². The molecule has 1 heterocycles. The van der Waals surface area contributed by atoms with Gasteiger partial charge in [0.25, 0.3) is 11.7 Å². The third-order valence-electron chi connectivity index (χ3n) is 6.32. The van der Waals surface area contributed by atoms with Crippen molar-refractivity contribution in [2.24, 2.45) is 5.92 Å². The first kappa shape index (κ1) is 29.0. The molecular formula is C30H39NO7. The number of carbonyl (C=O) groups excluding carboxylic acids is 2. The molecule has 1 amide bonds. The smallest absolute Gasteiger partial charge is 0.295 e. The summed E-state index contributed by atoms with van der Waals surface area (Å²) in [5.41, 5.74) is 1.06. The van der Waals surface area contributed by atoms with Crippen molar-refractivity contribution in [1.29, 1.82) is 0 Å². The molecule has 1 aliphatic heterocycles. The Morgan fingerprint density at radius 3 is 2.47 bits per heavy atom. The van der Waals surface area contributed by atoms with Crippen molar-refractivity contribution in [1.82, 2.24) is 4.90 Å². The number of benzene rings is 2. The Balaban J connectivity index is 2.07. The van der Waals surface area contributed by atoms with E-state index in [1.165, 1.54) is 4.90 Å². The lowest BCUT2D eigenvalue weighted by Gasteiger charge is -2.26. The number of carbonyl (C=O) groups is 2. The summed E-state index contributed by atoms with van der Waals surface area (Å²) in [6.07, 6.45) is 2.27. The second-order valence-corrected chi connectivity index (χ2v) is 9.66. The van der Waals surface area contributed by atoms with Gasteiger partial charge in [0, 0.05) is 25.8 Å². The lowest BCUT2D eigenvalue weighted by molar-refractivity contribution is -0.140. The van der Waals surface area contributed by atoms with Crippen molar-refractivity contribution in [2.75, 3.05) is 40.6 Å². The minimum absolute atomic E-state index is 0.0237. The fraction of sp³-hybridized carbons (Fsp3) is 0.467. The zero-order valence-corrected chi connectivity index (χ0v) is 23.0. The molecule has 1 unspecified atom stereocenters. The Kier molecular flexibility index (Phi) is 10.6. The minimum atomic E-state index is -0.800. The zero-order valence-electron chi connectivity index (χ0n) is 23.0. The summed E-state index contributed by atoms with van der Waals surface area (Å²) in [5, 5.41) is 11.4. The first-order chi connectivity index (χ1) is 18.3. The van der Waals surface area contributed by atoms with E-state index in [2.05, 4.69) is 13.8 Å². The Morgan fingerprint density at radius 1 is 1.00 bits per heavy atom. The van der Waals surface area contributed by atoms with Crippen molar-refractivity contribution in [3.05, 3.63) is 59.2 Å². The molecule has 3 rings (SSSR count). The number of likely N-dealkylation sites (tertiary alicyclic amines) is 1. The minimum Gasteiger partial charge on any atom is -0.507 e. The highest BCUT2D eigenvalue weighted by atomic mass is 16.5. The first-order valence-electron chi connectivity index (χ1n) is 13.1. The van der Waals surface area contributed by atoms with Gasteiger partial charge in [-0.05, 0) is 55.0 Å². The lowest BCUT2D eigenvalue weighted by atomic mass is 9.95. The third-order valence-corrected chi connectivity index (χ3v) is 6.32. The van der Waals surface area contributed by atoms with Gasteiger partial charge in [-0.25, -0.2) is 0 Å². The number of rotatable bonds is 14. The van der Waals surface area contributed by atoms with E-state index in [4.69, 9.17) is 18.9 Å². The number of nitrogens with zero attached hydrogens (tertiary/aromatic N) is 1. The number of methoxy groups -OCH3 is 2. The summed E-state index contributed by atoms with van der Waals surface area (Å²) in [5.74, 6) is 0.492. The number of ether oxygens (including phenoxy) is 4. The van der Waals surface area contributed by atoms with Gasteiger partial charge >= 0.3 is 0 Å². The number of hydrogen-bond acceptors (Lipinski definition) is 7. The van der Waals surface area contributed by atoms with Gasteiger partial charge < -0.3 is 29.0 Å². The van der Waals surface area contributed by atoms with E-state index in [0.29, 0.717) is 60.5 Å². The van der Waals surface area contributed by atoms with Crippen LogP contribution in [0.1, 0.15) is 57.2 Å². The Morgan fingerprint density at radius 2 is 1.79 bits per heavy atom. The molecule has 1 fully saturated rings. The summed E-state index contributed by atoms with van der Waals surface area (Å²) in [6, 6.07) is 11.4. The van der Waals surface area contributed by atoms with Crippen LogP contribution in [0.2, 0.25) is 0 Å². The van der Waals surface area contributed by atoms with Crippen LogP contribution in [0, 0.1) is 5.92 Å². The number of hydrogen-bond donors (Lipinski definition) is 1. The van der Waals surface area contributed by atoms with Gasteiger partial charge in [-0.2, -0.15) is 0 Å². The molecule has 0 aliphatic carbocycles. The normalized spacial score (nSPS) is 16.8. The molecule has 0 aromatic heterocycles. The first-order valence-corrected chi connectivity index (χ1v) is 13.1. The largest absolute Gasteiger partial charge is 0.507 e. The van der Waals surface area contributed by atoms with Crippen LogP contribution in [0.15, 0.2) is 48.0 Å². The predicted octanol–water partition coefficient (Wildman–Crippen LogP) is 5.37. The maximum Gasteiger partial charge on any atom is 0.295 e. The lowest BCUT2D eigenvalue weighted by Crippen LogP contribution is -2.31. The fourth-order valence-corrected chi connectivity index (χ4v) is 4.32. The zero-order chi connectivity index (χ0) is 27.7. The summed E-state index contributed by atoms with van der Waals surface area (Å²) in [7, 11) is 3.13. The van der Waals surface area contributed by atoms with Crippen LogP contribution in [0.5, 0.6) is 17.2 Å². The second kappa shape index (κ2) is 13.9. The molecular weight excluding hydrogens is 486 g/mol.